The molecule has 0 aliphatic heterocycles. The lowest BCUT2D eigenvalue weighted by atomic mass is 10.1. The fraction of sp³-hybridized carbons (Fsp3) is 0.714. The molecule has 0 bridgehead atoms. The van der Waals surface area contributed by atoms with Crippen LogP contribution in [0.3, 0.4) is 0 Å². The Labute approximate surface area is 120 Å². The minimum atomic E-state index is -0.752. The monoisotopic (exact) mass is 286 g/mol. The highest BCUT2D eigenvalue weighted by Gasteiger charge is 1.99. The number of urea groups is 1. The topological polar surface area (TPSA) is 87.7 Å². The van der Waals surface area contributed by atoms with Crippen LogP contribution in [0.2, 0.25) is 0 Å². The quantitative estimate of drug-likeness (QED) is 0.356. The van der Waals surface area contributed by atoms with Gasteiger partial charge in [-0.3, -0.25) is 4.79 Å². The van der Waals surface area contributed by atoms with Gasteiger partial charge in [-0.2, -0.15) is 0 Å². The second-order valence-corrected chi connectivity index (χ2v) is 4.43. The number of hydrogen-bond donors (Lipinski definition) is 3. The van der Waals surface area contributed by atoms with Crippen molar-refractivity contribution in [2.75, 3.05) is 26.3 Å². The molecule has 20 heavy (non-hydrogen) atoms. The molecule has 0 fully saturated rings. The maximum Gasteiger partial charge on any atom is 0.314 e. The molecule has 0 aliphatic rings. The summed E-state index contributed by atoms with van der Waals surface area (Å²) in [5.41, 5.74) is 0. The summed E-state index contributed by atoms with van der Waals surface area (Å²) in [6, 6.07) is -0.192. The second kappa shape index (κ2) is 13.9. The second-order valence-electron chi connectivity index (χ2n) is 4.43. The van der Waals surface area contributed by atoms with Crippen molar-refractivity contribution >= 4 is 12.0 Å². The van der Waals surface area contributed by atoms with Crippen molar-refractivity contribution in [3.8, 4) is 0 Å². The van der Waals surface area contributed by atoms with Crippen molar-refractivity contribution in [3.63, 3.8) is 0 Å². The Kier molecular flexibility index (Phi) is 12.8. The van der Waals surface area contributed by atoms with Gasteiger partial charge in [0.25, 0.3) is 0 Å². The van der Waals surface area contributed by atoms with Gasteiger partial charge in [0, 0.05) is 19.5 Å². The Balaban J connectivity index is 3.20. The van der Waals surface area contributed by atoms with Crippen LogP contribution >= 0.6 is 0 Å². The maximum absolute atomic E-state index is 11.3. The highest BCUT2D eigenvalue weighted by atomic mass is 16.5. The smallest absolute Gasteiger partial charge is 0.314 e. The van der Waals surface area contributed by atoms with E-state index in [1.165, 1.54) is 0 Å². The Morgan fingerprint density at radius 1 is 1.05 bits per heavy atom. The molecule has 0 rings (SSSR count). The number of nitrogens with one attached hydrogen (secondary N) is 2. The fourth-order valence-electron chi connectivity index (χ4n) is 1.52. The number of carbonyl (C=O) groups is 2. The molecule has 6 nitrogen and oxygen atoms in total. The molecule has 0 heterocycles. The highest BCUT2D eigenvalue weighted by molar-refractivity contribution is 5.73. The van der Waals surface area contributed by atoms with Gasteiger partial charge in [-0.05, 0) is 19.3 Å². The predicted molar refractivity (Wildman–Crippen MR) is 77.8 cm³/mol. The number of hydrogen-bond acceptors (Lipinski definition) is 3. The summed E-state index contributed by atoms with van der Waals surface area (Å²) in [6.45, 7) is 5.81. The van der Waals surface area contributed by atoms with Crippen molar-refractivity contribution in [3.05, 3.63) is 12.7 Å². The first-order valence-electron chi connectivity index (χ1n) is 7.09. The molecular formula is C14H26N2O4. The Bertz CT molecular complexity index is 282. The molecule has 116 valence electrons. The van der Waals surface area contributed by atoms with E-state index in [4.69, 9.17) is 9.84 Å². The fourth-order valence-corrected chi connectivity index (χ4v) is 1.52. The van der Waals surface area contributed by atoms with Crippen molar-refractivity contribution in [2.24, 2.45) is 0 Å². The Morgan fingerprint density at radius 3 is 2.45 bits per heavy atom. The molecule has 0 unspecified atom stereocenters. The van der Waals surface area contributed by atoms with E-state index in [-0.39, 0.29) is 12.5 Å². The molecule has 0 saturated carbocycles. The van der Waals surface area contributed by atoms with Crippen molar-refractivity contribution in [1.29, 1.82) is 0 Å². The summed E-state index contributed by atoms with van der Waals surface area (Å²) in [5, 5.41) is 13.9. The normalized spacial score (nSPS) is 10.0. The van der Waals surface area contributed by atoms with Gasteiger partial charge in [0.05, 0.1) is 13.2 Å². The number of carboxylic acids is 1. The number of aliphatic carboxylic acids is 1. The highest BCUT2D eigenvalue weighted by Crippen LogP contribution is 2.01. The average molecular weight is 286 g/mol. The van der Waals surface area contributed by atoms with Gasteiger partial charge >= 0.3 is 12.0 Å². The maximum atomic E-state index is 11.3. The SMILES string of the molecule is C=CCCOCCNC(=O)NCCCCCCC(=O)O. The van der Waals surface area contributed by atoms with Gasteiger partial charge in [0.15, 0.2) is 0 Å². The van der Waals surface area contributed by atoms with E-state index < -0.39 is 5.97 Å². The van der Waals surface area contributed by atoms with E-state index in [1.54, 1.807) is 6.08 Å². The summed E-state index contributed by atoms with van der Waals surface area (Å²) >= 11 is 0. The molecule has 6 heteroatoms. The van der Waals surface area contributed by atoms with E-state index in [0.717, 1.165) is 25.7 Å². The summed E-state index contributed by atoms with van der Waals surface area (Å²) < 4.78 is 5.25. The van der Waals surface area contributed by atoms with Gasteiger partial charge < -0.3 is 20.5 Å². The van der Waals surface area contributed by atoms with E-state index in [1.807, 2.05) is 0 Å². The van der Waals surface area contributed by atoms with E-state index in [0.29, 0.717) is 32.7 Å². The zero-order chi connectivity index (χ0) is 15.1. The molecule has 0 aromatic heterocycles. The molecule has 2 amide bonds. The van der Waals surface area contributed by atoms with Crippen LogP contribution in [0.4, 0.5) is 4.79 Å². The number of ether oxygens (including phenoxy) is 1. The van der Waals surface area contributed by atoms with Gasteiger partial charge in [0.2, 0.25) is 0 Å². The largest absolute Gasteiger partial charge is 0.481 e. The van der Waals surface area contributed by atoms with Gasteiger partial charge in [-0.15, -0.1) is 6.58 Å². The lowest BCUT2D eigenvalue weighted by Gasteiger charge is -2.07. The predicted octanol–water partition coefficient (Wildman–Crippen LogP) is 1.91. The number of amides is 2. The molecule has 3 N–H and O–H groups in total. The van der Waals surface area contributed by atoms with Crippen LogP contribution in [0.15, 0.2) is 12.7 Å². The zero-order valence-electron chi connectivity index (χ0n) is 12.0. The van der Waals surface area contributed by atoms with Crippen molar-refractivity contribution in [2.45, 2.75) is 38.5 Å². The summed E-state index contributed by atoms with van der Waals surface area (Å²) in [5.74, 6) is -0.752. The summed E-state index contributed by atoms with van der Waals surface area (Å²) in [7, 11) is 0. The number of unbranched alkanes of at least 4 members (excludes halogenated alkanes) is 3. The molecular weight excluding hydrogens is 260 g/mol. The zero-order valence-corrected chi connectivity index (χ0v) is 12.0. The minimum absolute atomic E-state index is 0.192. The van der Waals surface area contributed by atoms with Crippen molar-refractivity contribution in [1.82, 2.24) is 10.6 Å². The molecule has 0 spiro atoms. The third-order valence-electron chi connectivity index (χ3n) is 2.60. The van der Waals surface area contributed by atoms with Crippen LogP contribution in [0.1, 0.15) is 38.5 Å². The molecule has 0 aliphatic carbocycles. The first-order valence-corrected chi connectivity index (χ1v) is 7.09. The summed E-state index contributed by atoms with van der Waals surface area (Å²) in [4.78, 5) is 21.6. The van der Waals surface area contributed by atoms with Crippen LogP contribution in [0.25, 0.3) is 0 Å². The lowest BCUT2D eigenvalue weighted by Crippen LogP contribution is -2.37. The third kappa shape index (κ3) is 14.5. The van der Waals surface area contributed by atoms with Crippen LogP contribution in [0, 0.1) is 0 Å². The standard InChI is InChI=1S/C14H26N2O4/c1-2-3-11-20-12-10-16-14(19)15-9-7-5-4-6-8-13(17)18/h2H,1,3-12H2,(H,17,18)(H2,15,16,19). The van der Waals surface area contributed by atoms with Crippen LogP contribution in [-0.4, -0.2) is 43.4 Å². The summed E-state index contributed by atoms with van der Waals surface area (Å²) in [6.07, 6.45) is 6.20. The van der Waals surface area contributed by atoms with Crippen LogP contribution in [-0.2, 0) is 9.53 Å². The van der Waals surface area contributed by atoms with Gasteiger partial charge in [0.1, 0.15) is 0 Å². The Morgan fingerprint density at radius 2 is 1.75 bits per heavy atom. The van der Waals surface area contributed by atoms with E-state index in [9.17, 15) is 9.59 Å². The number of carboxylic acid groups (broad SMARTS) is 1. The molecule has 0 aromatic carbocycles. The van der Waals surface area contributed by atoms with Gasteiger partial charge in [-0.25, -0.2) is 4.79 Å². The average Bonchev–Trinajstić information content (AvgIpc) is 2.41. The van der Waals surface area contributed by atoms with Crippen LogP contribution in [0.5, 0.6) is 0 Å². The lowest BCUT2D eigenvalue weighted by molar-refractivity contribution is -0.137. The van der Waals surface area contributed by atoms with Crippen LogP contribution < -0.4 is 10.6 Å². The molecule has 0 saturated heterocycles. The van der Waals surface area contributed by atoms with E-state index >= 15 is 0 Å². The Hall–Kier alpha value is -1.56. The third-order valence-corrected chi connectivity index (χ3v) is 2.60. The van der Waals surface area contributed by atoms with Gasteiger partial charge in [-0.1, -0.05) is 18.9 Å². The first-order chi connectivity index (χ1) is 9.66. The van der Waals surface area contributed by atoms with Crippen molar-refractivity contribution < 1.29 is 19.4 Å². The first kappa shape index (κ1) is 18.4. The number of rotatable bonds is 13. The number of carbonyl (C=O) groups excluding carboxylic acids is 1. The molecule has 0 radical (unpaired) electrons. The minimum Gasteiger partial charge on any atom is -0.481 e. The molecule has 0 aromatic rings. The van der Waals surface area contributed by atoms with E-state index in [2.05, 4.69) is 17.2 Å². The molecule has 0 atom stereocenters.